The van der Waals surface area contributed by atoms with Crippen LogP contribution in [0.4, 0.5) is 0 Å². The molecule has 0 aromatic heterocycles. The SMILES string of the molecule is CCCC1CCC(NC2CCN(C(C)C)CC2)CC1. The molecule has 2 heteroatoms. The Balaban J connectivity index is 1.64. The van der Waals surface area contributed by atoms with Gasteiger partial charge in [0.1, 0.15) is 0 Å². The highest BCUT2D eigenvalue weighted by Crippen LogP contribution is 2.28. The fourth-order valence-corrected chi connectivity index (χ4v) is 3.94. The zero-order valence-electron chi connectivity index (χ0n) is 13.3. The van der Waals surface area contributed by atoms with Crippen molar-refractivity contribution in [3.8, 4) is 0 Å². The van der Waals surface area contributed by atoms with Crippen LogP contribution in [-0.4, -0.2) is 36.1 Å². The fraction of sp³-hybridized carbons (Fsp3) is 1.00. The lowest BCUT2D eigenvalue weighted by Crippen LogP contribution is -2.48. The molecule has 1 N–H and O–H groups in total. The molecule has 1 saturated heterocycles. The van der Waals surface area contributed by atoms with Crippen LogP contribution in [-0.2, 0) is 0 Å². The molecule has 0 aromatic carbocycles. The topological polar surface area (TPSA) is 15.3 Å². The maximum Gasteiger partial charge on any atom is 0.00940 e. The molecule has 0 amide bonds. The molecule has 0 radical (unpaired) electrons. The van der Waals surface area contributed by atoms with Gasteiger partial charge in [0.05, 0.1) is 0 Å². The largest absolute Gasteiger partial charge is 0.311 e. The summed E-state index contributed by atoms with van der Waals surface area (Å²) in [5.74, 6) is 1.03. The van der Waals surface area contributed by atoms with Crippen molar-refractivity contribution in [1.82, 2.24) is 10.2 Å². The number of nitrogens with zero attached hydrogens (tertiary/aromatic N) is 1. The van der Waals surface area contributed by atoms with E-state index in [2.05, 4.69) is 31.0 Å². The van der Waals surface area contributed by atoms with Gasteiger partial charge in [-0.3, -0.25) is 0 Å². The molecule has 2 aliphatic rings. The maximum atomic E-state index is 3.95. The number of hydrogen-bond donors (Lipinski definition) is 1. The molecule has 0 aromatic rings. The standard InChI is InChI=1S/C17H34N2/c1-4-5-15-6-8-16(9-7-15)18-17-10-12-19(13-11-17)14(2)3/h14-18H,4-13H2,1-3H3. The van der Waals surface area contributed by atoms with Crippen molar-refractivity contribution in [3.05, 3.63) is 0 Å². The second-order valence-electron chi connectivity index (χ2n) is 7.08. The molecule has 1 aliphatic heterocycles. The van der Waals surface area contributed by atoms with Gasteiger partial charge < -0.3 is 10.2 Å². The van der Waals surface area contributed by atoms with Crippen LogP contribution < -0.4 is 5.32 Å². The van der Waals surface area contributed by atoms with Gasteiger partial charge in [-0.1, -0.05) is 19.8 Å². The third kappa shape index (κ3) is 4.75. The minimum atomic E-state index is 0.727. The van der Waals surface area contributed by atoms with Crippen molar-refractivity contribution in [1.29, 1.82) is 0 Å². The number of nitrogens with one attached hydrogen (secondary N) is 1. The van der Waals surface area contributed by atoms with Gasteiger partial charge in [0, 0.05) is 18.1 Å². The minimum Gasteiger partial charge on any atom is -0.311 e. The highest BCUT2D eigenvalue weighted by Gasteiger charge is 2.25. The smallest absolute Gasteiger partial charge is 0.00940 e. The zero-order chi connectivity index (χ0) is 13.7. The summed E-state index contributed by atoms with van der Waals surface area (Å²) < 4.78 is 0. The fourth-order valence-electron chi connectivity index (χ4n) is 3.94. The normalized spacial score (nSPS) is 30.9. The molecule has 0 spiro atoms. The van der Waals surface area contributed by atoms with E-state index in [0.29, 0.717) is 0 Å². The number of hydrogen-bond acceptors (Lipinski definition) is 2. The Morgan fingerprint density at radius 1 is 0.947 bits per heavy atom. The van der Waals surface area contributed by atoms with Gasteiger partial charge >= 0.3 is 0 Å². The predicted molar refractivity (Wildman–Crippen MR) is 83.5 cm³/mol. The zero-order valence-corrected chi connectivity index (χ0v) is 13.3. The first-order valence-corrected chi connectivity index (χ1v) is 8.69. The molecule has 2 nitrogen and oxygen atoms in total. The molecule has 2 rings (SSSR count). The van der Waals surface area contributed by atoms with Crippen LogP contribution in [0.15, 0.2) is 0 Å². The summed E-state index contributed by atoms with van der Waals surface area (Å²) in [5, 5.41) is 3.95. The summed E-state index contributed by atoms with van der Waals surface area (Å²) in [5.41, 5.74) is 0. The van der Waals surface area contributed by atoms with E-state index in [1.165, 1.54) is 64.5 Å². The summed E-state index contributed by atoms with van der Waals surface area (Å²) in [4.78, 5) is 2.62. The Hall–Kier alpha value is -0.0800. The Morgan fingerprint density at radius 2 is 1.53 bits per heavy atom. The van der Waals surface area contributed by atoms with Gasteiger partial charge in [-0.15, -0.1) is 0 Å². The second kappa shape index (κ2) is 7.64. The average Bonchev–Trinajstić information content (AvgIpc) is 2.42. The van der Waals surface area contributed by atoms with Crippen molar-refractivity contribution in [2.24, 2.45) is 5.92 Å². The van der Waals surface area contributed by atoms with Crippen LogP contribution in [0, 0.1) is 5.92 Å². The monoisotopic (exact) mass is 266 g/mol. The molecule has 112 valence electrons. The number of piperidine rings is 1. The molecule has 1 heterocycles. The van der Waals surface area contributed by atoms with Crippen molar-refractivity contribution in [2.75, 3.05) is 13.1 Å². The van der Waals surface area contributed by atoms with Gasteiger partial charge in [-0.25, -0.2) is 0 Å². The van der Waals surface area contributed by atoms with Crippen molar-refractivity contribution in [2.45, 2.75) is 90.3 Å². The summed E-state index contributed by atoms with van der Waals surface area (Å²) in [7, 11) is 0. The van der Waals surface area contributed by atoms with Crippen molar-refractivity contribution < 1.29 is 0 Å². The molecular weight excluding hydrogens is 232 g/mol. The molecule has 1 aliphatic carbocycles. The highest BCUT2D eigenvalue weighted by molar-refractivity contribution is 4.84. The van der Waals surface area contributed by atoms with Crippen LogP contribution >= 0.6 is 0 Å². The average molecular weight is 266 g/mol. The molecule has 0 atom stereocenters. The Labute approximate surface area is 120 Å². The third-order valence-electron chi connectivity index (χ3n) is 5.27. The summed E-state index contributed by atoms with van der Waals surface area (Å²) in [6.07, 6.45) is 11.3. The van der Waals surface area contributed by atoms with Gasteiger partial charge in [0.25, 0.3) is 0 Å². The first-order valence-electron chi connectivity index (χ1n) is 8.69. The van der Waals surface area contributed by atoms with E-state index < -0.39 is 0 Å². The van der Waals surface area contributed by atoms with E-state index in [0.717, 1.165) is 24.0 Å². The van der Waals surface area contributed by atoms with E-state index in [9.17, 15) is 0 Å². The van der Waals surface area contributed by atoms with Crippen LogP contribution in [0.1, 0.15) is 72.1 Å². The first kappa shape index (κ1) is 15.3. The lowest BCUT2D eigenvalue weighted by molar-refractivity contribution is 0.149. The van der Waals surface area contributed by atoms with Crippen molar-refractivity contribution >= 4 is 0 Å². The lowest BCUT2D eigenvalue weighted by Gasteiger charge is -2.38. The lowest BCUT2D eigenvalue weighted by atomic mass is 9.83. The quantitative estimate of drug-likeness (QED) is 0.814. The van der Waals surface area contributed by atoms with E-state index in [-0.39, 0.29) is 0 Å². The van der Waals surface area contributed by atoms with Gasteiger partial charge in [0.15, 0.2) is 0 Å². The van der Waals surface area contributed by atoms with Crippen molar-refractivity contribution in [3.63, 3.8) is 0 Å². The minimum absolute atomic E-state index is 0.727. The Morgan fingerprint density at radius 3 is 2.05 bits per heavy atom. The van der Waals surface area contributed by atoms with E-state index >= 15 is 0 Å². The first-order chi connectivity index (χ1) is 9.19. The van der Waals surface area contributed by atoms with Gasteiger partial charge in [-0.2, -0.15) is 0 Å². The molecule has 19 heavy (non-hydrogen) atoms. The van der Waals surface area contributed by atoms with E-state index in [4.69, 9.17) is 0 Å². The van der Waals surface area contributed by atoms with Crippen LogP contribution in [0.5, 0.6) is 0 Å². The Bertz CT molecular complexity index is 236. The van der Waals surface area contributed by atoms with Gasteiger partial charge in [-0.05, 0) is 71.4 Å². The number of likely N-dealkylation sites (tertiary alicyclic amines) is 1. The van der Waals surface area contributed by atoms with Crippen LogP contribution in [0.3, 0.4) is 0 Å². The summed E-state index contributed by atoms with van der Waals surface area (Å²) in [6, 6.07) is 2.34. The van der Waals surface area contributed by atoms with Gasteiger partial charge in [0.2, 0.25) is 0 Å². The summed E-state index contributed by atoms with van der Waals surface area (Å²) >= 11 is 0. The van der Waals surface area contributed by atoms with Crippen LogP contribution in [0.2, 0.25) is 0 Å². The molecule has 1 saturated carbocycles. The Kier molecular flexibility index (Phi) is 6.15. The van der Waals surface area contributed by atoms with E-state index in [1.807, 2.05) is 0 Å². The van der Waals surface area contributed by atoms with Crippen LogP contribution in [0.25, 0.3) is 0 Å². The molecular formula is C17H34N2. The predicted octanol–water partition coefficient (Wildman–Crippen LogP) is 3.81. The highest BCUT2D eigenvalue weighted by atomic mass is 15.2. The number of rotatable bonds is 5. The molecule has 0 bridgehead atoms. The van der Waals surface area contributed by atoms with E-state index in [1.54, 1.807) is 0 Å². The molecule has 0 unspecified atom stereocenters. The maximum absolute atomic E-state index is 3.95. The summed E-state index contributed by atoms with van der Waals surface area (Å²) in [6.45, 7) is 9.55. The third-order valence-corrected chi connectivity index (χ3v) is 5.27. The molecule has 2 fully saturated rings. The second-order valence-corrected chi connectivity index (χ2v) is 7.08.